The normalized spacial score (nSPS) is 19.0. The number of pyridine rings is 1. The van der Waals surface area contributed by atoms with Crippen molar-refractivity contribution in [3.05, 3.63) is 81.1 Å². The van der Waals surface area contributed by atoms with Crippen LogP contribution in [-0.4, -0.2) is 4.98 Å². The van der Waals surface area contributed by atoms with Gasteiger partial charge in [-0.15, -0.1) is 0 Å². The van der Waals surface area contributed by atoms with E-state index in [-0.39, 0.29) is 6.99 Å². The van der Waals surface area contributed by atoms with Crippen molar-refractivity contribution in [2.24, 2.45) is 0 Å². The van der Waals surface area contributed by atoms with Gasteiger partial charge in [-0.25, -0.2) is 0 Å². The highest BCUT2D eigenvalue weighted by molar-refractivity contribution is 5.81. The van der Waals surface area contributed by atoms with Crippen molar-refractivity contribution in [1.82, 2.24) is 4.98 Å². The van der Waals surface area contributed by atoms with Gasteiger partial charge in [0.05, 0.1) is 6.07 Å². The molecule has 3 nitrogen and oxygen atoms in total. The van der Waals surface area contributed by atoms with E-state index in [9.17, 15) is 10.1 Å². The maximum atomic E-state index is 12.1. The van der Waals surface area contributed by atoms with E-state index < -0.39 is 5.41 Å². The Hall–Kier alpha value is -2.86. The maximum absolute atomic E-state index is 12.1. The van der Waals surface area contributed by atoms with Crippen LogP contribution in [0.4, 0.5) is 0 Å². The summed E-state index contributed by atoms with van der Waals surface area (Å²) in [6, 6.07) is 18.5. The summed E-state index contributed by atoms with van der Waals surface area (Å²) in [4.78, 5) is 15.0. The zero-order chi connectivity index (χ0) is 16.0. The minimum Gasteiger partial charge on any atom is -0.322 e. The zero-order valence-corrected chi connectivity index (χ0v) is 12.9. The molecule has 3 heteroatoms. The molecule has 0 radical (unpaired) electrons. The molecule has 0 amide bonds. The van der Waals surface area contributed by atoms with Gasteiger partial charge in [0.1, 0.15) is 5.41 Å². The lowest BCUT2D eigenvalue weighted by Crippen LogP contribution is -2.38. The number of aromatic amines is 1. The van der Waals surface area contributed by atoms with E-state index in [1.54, 1.807) is 0 Å². The number of hydrogen-bond donors (Lipinski definition) is 1. The van der Waals surface area contributed by atoms with E-state index in [1.165, 1.54) is 5.56 Å². The van der Waals surface area contributed by atoms with E-state index in [0.717, 1.165) is 34.0 Å². The molecule has 4 rings (SSSR count). The van der Waals surface area contributed by atoms with Crippen molar-refractivity contribution in [3.63, 3.8) is 0 Å². The van der Waals surface area contributed by atoms with Gasteiger partial charge in [-0.1, -0.05) is 43.3 Å². The smallest absolute Gasteiger partial charge is 0.251 e. The Balaban J connectivity index is 0.00000169. The number of H-pyrrole nitrogens is 1. The van der Waals surface area contributed by atoms with Gasteiger partial charge in [0.2, 0.25) is 0 Å². The highest BCUT2D eigenvalue weighted by Gasteiger charge is 2.44. The summed E-state index contributed by atoms with van der Waals surface area (Å²) < 4.78 is 0. The summed E-state index contributed by atoms with van der Waals surface area (Å²) in [7, 11) is 0. The monoisotopic (exact) mass is 302 g/mol. The van der Waals surface area contributed by atoms with Crippen LogP contribution in [-0.2, 0) is 18.3 Å². The van der Waals surface area contributed by atoms with Crippen molar-refractivity contribution < 1.29 is 1.43 Å². The minimum absolute atomic E-state index is 0. The Morgan fingerprint density at radius 3 is 2.83 bits per heavy atom. The van der Waals surface area contributed by atoms with Gasteiger partial charge in [-0.2, -0.15) is 5.26 Å². The molecular weight excluding hydrogens is 284 g/mol. The number of aryl methyl sites for hydroxylation is 1. The van der Waals surface area contributed by atoms with Crippen LogP contribution >= 0.6 is 0 Å². The van der Waals surface area contributed by atoms with Gasteiger partial charge in [-0.3, -0.25) is 4.79 Å². The van der Waals surface area contributed by atoms with E-state index in [2.05, 4.69) is 17.1 Å². The van der Waals surface area contributed by atoms with Crippen molar-refractivity contribution in [1.29, 1.82) is 5.26 Å². The number of aromatic nitrogens is 1. The predicted octanol–water partition coefficient (Wildman–Crippen LogP) is 3.70. The van der Waals surface area contributed by atoms with Crippen LogP contribution in [0.2, 0.25) is 0 Å². The van der Waals surface area contributed by atoms with Gasteiger partial charge in [0.25, 0.3) is 5.56 Å². The fraction of sp³-hybridized carbons (Fsp3) is 0.200. The van der Waals surface area contributed by atoms with Crippen molar-refractivity contribution in [3.8, 4) is 6.07 Å². The Morgan fingerprint density at radius 2 is 2.09 bits per heavy atom. The molecule has 114 valence electrons. The van der Waals surface area contributed by atoms with E-state index in [4.69, 9.17) is 0 Å². The lowest BCUT2D eigenvalue weighted by molar-refractivity contribution is 0.573. The number of hydrogen-bond acceptors (Lipinski definition) is 2. The first-order chi connectivity index (χ1) is 11.2. The molecule has 0 bridgehead atoms. The molecule has 0 saturated carbocycles. The third-order valence-electron chi connectivity index (χ3n) is 4.92. The fourth-order valence-electron chi connectivity index (χ4n) is 3.56. The number of rotatable bonds is 2. The second-order valence-electron chi connectivity index (χ2n) is 6.13. The van der Waals surface area contributed by atoms with E-state index in [1.807, 2.05) is 49.4 Å². The molecule has 3 aromatic rings. The summed E-state index contributed by atoms with van der Waals surface area (Å²) in [5.74, 6) is 0. The molecule has 1 aliphatic carbocycles. The Morgan fingerprint density at radius 1 is 1.26 bits per heavy atom. The maximum Gasteiger partial charge on any atom is 0.251 e. The largest absolute Gasteiger partial charge is 0.322 e. The SMILES string of the molecule is CCc1cc2ccc([C@@]3(C#N)Cc4ccccc43)cc2[nH]c1=O.[HH]. The Labute approximate surface area is 135 Å². The van der Waals surface area contributed by atoms with Crippen LogP contribution in [0, 0.1) is 11.3 Å². The molecule has 1 N–H and O–H groups in total. The first-order valence-corrected chi connectivity index (χ1v) is 7.84. The molecule has 1 aliphatic rings. The van der Waals surface area contributed by atoms with Gasteiger partial charge >= 0.3 is 0 Å². The highest BCUT2D eigenvalue weighted by atomic mass is 16.1. The number of nitrogens with zero attached hydrogens (tertiary/aromatic N) is 1. The van der Waals surface area contributed by atoms with Gasteiger partial charge in [0, 0.05) is 12.5 Å². The number of nitrogens with one attached hydrogen (secondary N) is 1. The topological polar surface area (TPSA) is 56.6 Å². The Kier molecular flexibility index (Phi) is 2.89. The molecule has 0 aliphatic heterocycles. The average molecular weight is 302 g/mol. The molecule has 0 spiro atoms. The van der Waals surface area contributed by atoms with Crippen LogP contribution in [0.25, 0.3) is 10.9 Å². The Bertz CT molecular complexity index is 1030. The number of fused-ring (bicyclic) bond motifs is 2. The molecule has 1 aromatic heterocycles. The minimum atomic E-state index is -0.592. The van der Waals surface area contributed by atoms with E-state index >= 15 is 0 Å². The van der Waals surface area contributed by atoms with Crippen LogP contribution in [0.15, 0.2) is 53.3 Å². The zero-order valence-electron chi connectivity index (χ0n) is 12.9. The summed E-state index contributed by atoms with van der Waals surface area (Å²) in [6.45, 7) is 1.97. The highest BCUT2D eigenvalue weighted by Crippen LogP contribution is 2.46. The van der Waals surface area contributed by atoms with Crippen LogP contribution in [0.5, 0.6) is 0 Å². The third kappa shape index (κ3) is 1.85. The number of benzene rings is 2. The summed E-state index contributed by atoms with van der Waals surface area (Å²) in [6.07, 6.45) is 1.44. The first kappa shape index (κ1) is 13.8. The molecule has 0 unspecified atom stereocenters. The fourth-order valence-corrected chi connectivity index (χ4v) is 3.56. The second kappa shape index (κ2) is 4.82. The summed E-state index contributed by atoms with van der Waals surface area (Å²) in [5.41, 5.74) is 4.20. The van der Waals surface area contributed by atoms with Crippen LogP contribution < -0.4 is 5.56 Å². The molecule has 23 heavy (non-hydrogen) atoms. The summed E-state index contributed by atoms with van der Waals surface area (Å²) >= 11 is 0. The number of nitriles is 1. The van der Waals surface area contributed by atoms with Gasteiger partial charge in [0.15, 0.2) is 0 Å². The molecule has 1 atom stereocenters. The predicted molar refractivity (Wildman–Crippen MR) is 92.6 cm³/mol. The molecule has 1 heterocycles. The van der Waals surface area contributed by atoms with Crippen LogP contribution in [0.1, 0.15) is 30.6 Å². The van der Waals surface area contributed by atoms with Gasteiger partial charge in [-0.05, 0) is 47.1 Å². The third-order valence-corrected chi connectivity index (χ3v) is 4.92. The second-order valence-corrected chi connectivity index (χ2v) is 6.13. The molecule has 0 saturated heterocycles. The molecule has 2 aromatic carbocycles. The standard InChI is InChI=1S/C20H16N2O.H2/c1-2-13-9-14-7-8-16(10-18(14)22-19(13)23)20(12-21)11-15-5-3-4-6-17(15)20;/h3-10H,2,11H2,1H3,(H,22,23);1H/t20-;/m0./s1. The van der Waals surface area contributed by atoms with Crippen molar-refractivity contribution in [2.45, 2.75) is 25.2 Å². The first-order valence-electron chi connectivity index (χ1n) is 7.84. The molecular formula is C20H18N2O. The van der Waals surface area contributed by atoms with Gasteiger partial charge < -0.3 is 4.98 Å². The van der Waals surface area contributed by atoms with Crippen molar-refractivity contribution in [2.75, 3.05) is 0 Å². The lowest BCUT2D eigenvalue weighted by Gasteiger charge is -2.38. The van der Waals surface area contributed by atoms with Crippen LogP contribution in [0.3, 0.4) is 0 Å². The average Bonchev–Trinajstić information content (AvgIpc) is 2.56. The lowest BCUT2D eigenvalue weighted by atomic mass is 9.61. The summed E-state index contributed by atoms with van der Waals surface area (Å²) in [5, 5.41) is 10.8. The van der Waals surface area contributed by atoms with E-state index in [0.29, 0.717) is 6.42 Å². The molecule has 0 fully saturated rings. The van der Waals surface area contributed by atoms with Crippen molar-refractivity contribution >= 4 is 10.9 Å². The quantitative estimate of drug-likeness (QED) is 0.784.